The van der Waals surface area contributed by atoms with Crippen molar-refractivity contribution in [2.45, 2.75) is 144 Å². The number of hydrogen-bond acceptors (Lipinski definition) is 16. The molecule has 7 aromatic rings. The lowest BCUT2D eigenvalue weighted by atomic mass is 9.95. The second kappa shape index (κ2) is 35.3. The SMILES string of the molecule is Cc1cc2cc(c1)CSC[C@@H](C(N)=O)NC(=O)[C@]1(C)CCCN1C(=O)[C@H](Cc1ccc(O)cc1)NC(=O)[C@H](Cc1c[nH]cn1)NC(=O)[C@H](CC(=O)O)NC(=O)[C@H](Cc1c[nH]c3ccc(F)cc13)NC(=O)[C@H](Cc1c[nH]c3ccc(F)cc13)NC(=O)CNC(=O)[C@H](CCCCN)NC(=O)CCSC2. The Labute approximate surface area is 593 Å². The van der Waals surface area contributed by atoms with Crippen LogP contribution in [0.4, 0.5) is 8.78 Å². The summed E-state index contributed by atoms with van der Waals surface area (Å²) >= 11 is 2.80. The van der Waals surface area contributed by atoms with E-state index in [0.717, 1.165) is 22.8 Å². The molecule has 2 bridgehead atoms. The number of amides is 10. The van der Waals surface area contributed by atoms with Gasteiger partial charge in [0.25, 0.3) is 0 Å². The summed E-state index contributed by atoms with van der Waals surface area (Å²) in [5.74, 6) is -10.7. The van der Waals surface area contributed by atoms with Crippen molar-refractivity contribution in [2.24, 2.45) is 11.5 Å². The number of carbonyl (C=O) groups is 11. The average molecular weight is 1440 g/mol. The molecule has 2 aliphatic rings. The van der Waals surface area contributed by atoms with Gasteiger partial charge in [-0.05, 0) is 129 Å². The first-order chi connectivity index (χ1) is 48.8. The summed E-state index contributed by atoms with van der Waals surface area (Å²) in [6.45, 7) is 3.01. The Morgan fingerprint density at radius 1 is 0.657 bits per heavy atom. The summed E-state index contributed by atoms with van der Waals surface area (Å²) in [4.78, 5) is 172. The topological polar surface area (TPSA) is 440 Å². The number of carbonyl (C=O) groups excluding carboxylic acids is 10. The quantitative estimate of drug-likeness (QED) is 0.0656. The molecule has 3 aromatic heterocycles. The molecule has 0 unspecified atom stereocenters. The van der Waals surface area contributed by atoms with E-state index < -0.39 is 150 Å². The smallest absolute Gasteiger partial charge is 0.305 e. The fourth-order valence-electron chi connectivity index (χ4n) is 12.4. The number of halogens is 2. The number of carboxylic acid groups (broad SMARTS) is 1. The zero-order chi connectivity index (χ0) is 73.2. The minimum absolute atomic E-state index is 0.00764. The van der Waals surface area contributed by atoms with Crippen molar-refractivity contribution < 1.29 is 71.7 Å². The molecular formula is C70H83F2N15O13S2. The van der Waals surface area contributed by atoms with Crippen LogP contribution in [0.15, 0.2) is 104 Å². The predicted molar refractivity (Wildman–Crippen MR) is 376 cm³/mol. The number of unbranched alkanes of at least 4 members (excludes halogenated alkanes) is 1. The number of primary amides is 1. The van der Waals surface area contributed by atoms with Gasteiger partial charge in [0.2, 0.25) is 59.1 Å². The third-order valence-corrected chi connectivity index (χ3v) is 19.9. The van der Waals surface area contributed by atoms with Gasteiger partial charge in [0.05, 0.1) is 25.0 Å². The third kappa shape index (κ3) is 20.7. The number of aliphatic carboxylic acids is 1. The van der Waals surface area contributed by atoms with Crippen LogP contribution in [-0.2, 0) is 89.9 Å². The highest BCUT2D eigenvalue weighted by atomic mass is 32.2. The molecule has 32 heteroatoms. The van der Waals surface area contributed by atoms with E-state index >= 15 is 19.2 Å². The van der Waals surface area contributed by atoms with Crippen LogP contribution >= 0.6 is 23.5 Å². The number of imidazole rings is 1. The number of aromatic amines is 3. The second-order valence-electron chi connectivity index (χ2n) is 25.6. The number of phenolic OH excluding ortho intramolecular Hbond substituents is 1. The molecule has 17 N–H and O–H groups in total. The summed E-state index contributed by atoms with van der Waals surface area (Å²) in [5, 5.41) is 42.2. The molecule has 5 heterocycles. The molecule has 0 aliphatic carbocycles. The number of fused-ring (bicyclic) bond motifs is 5. The third-order valence-electron chi connectivity index (χ3n) is 17.8. The maximum atomic E-state index is 15.2. The maximum absolute atomic E-state index is 15.2. The number of H-pyrrole nitrogens is 3. The molecule has 0 radical (unpaired) electrons. The van der Waals surface area contributed by atoms with Gasteiger partial charge >= 0.3 is 5.97 Å². The number of nitrogens with two attached hydrogens (primary N) is 2. The van der Waals surface area contributed by atoms with Gasteiger partial charge in [-0.2, -0.15) is 23.5 Å². The first-order valence-electron chi connectivity index (χ1n) is 33.3. The first-order valence-corrected chi connectivity index (χ1v) is 35.6. The summed E-state index contributed by atoms with van der Waals surface area (Å²) < 4.78 is 29.8. The number of rotatable bonds is 15. The Morgan fingerprint density at radius 3 is 1.83 bits per heavy atom. The number of aryl methyl sites for hydroxylation is 1. The Balaban J connectivity index is 1.06. The highest BCUT2D eigenvalue weighted by Crippen LogP contribution is 2.32. The minimum atomic E-state index is -2.05. The molecule has 8 atom stereocenters. The Bertz CT molecular complexity index is 4210. The number of aromatic hydroxyl groups is 1. The lowest BCUT2D eigenvalue weighted by molar-refractivity contribution is -0.147. The van der Waals surface area contributed by atoms with Crippen LogP contribution in [0, 0.1) is 18.6 Å². The van der Waals surface area contributed by atoms with Gasteiger partial charge in [0.15, 0.2) is 0 Å². The number of nitrogens with one attached hydrogen (secondary N) is 11. The summed E-state index contributed by atoms with van der Waals surface area (Å²) in [5.41, 5.74) is 14.9. The van der Waals surface area contributed by atoms with Crippen LogP contribution < -0.4 is 54.0 Å². The van der Waals surface area contributed by atoms with Gasteiger partial charge in [-0.1, -0.05) is 35.9 Å². The molecule has 0 saturated carbocycles. The number of thioether (sulfide) groups is 2. The maximum Gasteiger partial charge on any atom is 0.305 e. The second-order valence-corrected chi connectivity index (χ2v) is 27.7. The Hall–Kier alpha value is -10.3. The standard InChI is InChI=1S/C70H83F2N15O13S2/c1-38-20-40-22-41(21-38)35-102-36-58(62(74)93)86-69(100)70(2)16-5-18-87(70)68(99)57(23-39-7-11-47(88)12-8-39)85-66(97)55(28-46-32-75-37-79-46)83-67(98)56(29-61(91)92)84-65(96)54(25-43-31-77-51-14-10-45(72)27-49(43)51)82-64(95)53(24-42-30-76-50-13-9-44(71)26-48(42)50)81-60(90)33-78-63(94)52(6-3-4-17-73)80-59(89)15-19-101-34-40/h7-14,20-22,26-27,30-32,37,52-58,76-77,88H,3-6,15-19,23-25,28-29,33-36,73H2,1-2H3,(H2,74,93)(H,75,79)(H,78,94)(H,80,89)(H,81,90)(H,82,95)(H,83,98)(H,84,96)(H,85,97)(H,86,100)(H,91,92)/t52-,53-,54-,55-,56-,57-,58-,70-/m0/s1. The molecule has 0 spiro atoms. The number of hydrogen-bond donors (Lipinski definition) is 15. The van der Waals surface area contributed by atoms with Crippen LogP contribution in [-0.4, -0.2) is 179 Å². The zero-order valence-corrected chi connectivity index (χ0v) is 57.7. The van der Waals surface area contributed by atoms with Gasteiger partial charge in [0, 0.05) is 102 Å². The largest absolute Gasteiger partial charge is 0.508 e. The normalized spacial score (nSPS) is 22.6. The molecule has 102 heavy (non-hydrogen) atoms. The minimum Gasteiger partial charge on any atom is -0.508 e. The molecule has 4 aromatic carbocycles. The van der Waals surface area contributed by atoms with E-state index in [-0.39, 0.29) is 66.8 Å². The number of nitrogens with zero attached hydrogens (tertiary/aromatic N) is 2. The van der Waals surface area contributed by atoms with Crippen molar-refractivity contribution in [2.75, 3.05) is 31.1 Å². The van der Waals surface area contributed by atoms with E-state index in [4.69, 9.17) is 11.5 Å². The van der Waals surface area contributed by atoms with Gasteiger partial charge in [-0.15, -0.1) is 0 Å². The van der Waals surface area contributed by atoms with E-state index in [2.05, 4.69) is 62.5 Å². The van der Waals surface area contributed by atoms with Crippen molar-refractivity contribution in [1.29, 1.82) is 0 Å². The van der Waals surface area contributed by atoms with E-state index in [1.54, 1.807) is 0 Å². The van der Waals surface area contributed by atoms with Crippen molar-refractivity contribution in [3.8, 4) is 5.75 Å². The average Bonchev–Trinajstić information content (AvgIpc) is 1.60. The zero-order valence-electron chi connectivity index (χ0n) is 56.1. The van der Waals surface area contributed by atoms with E-state index in [1.807, 2.05) is 25.1 Å². The van der Waals surface area contributed by atoms with Crippen molar-refractivity contribution >= 4 is 110 Å². The molecular weight excluding hydrogens is 1360 g/mol. The molecule has 9 rings (SSSR count). The van der Waals surface area contributed by atoms with Gasteiger partial charge in [-0.3, -0.25) is 52.7 Å². The van der Waals surface area contributed by atoms with Gasteiger partial charge in [0.1, 0.15) is 65.2 Å². The Kier molecular flexibility index (Phi) is 26.3. The molecule has 2 aliphatic heterocycles. The van der Waals surface area contributed by atoms with Crippen molar-refractivity contribution in [3.05, 3.63) is 154 Å². The molecule has 28 nitrogen and oxygen atoms in total. The predicted octanol–water partition coefficient (Wildman–Crippen LogP) is 2.49. The van der Waals surface area contributed by atoms with Crippen LogP contribution in [0.2, 0.25) is 0 Å². The van der Waals surface area contributed by atoms with Crippen LogP contribution in [0.1, 0.15) is 90.9 Å². The number of carboxylic acids is 1. The van der Waals surface area contributed by atoms with Crippen LogP contribution in [0.25, 0.3) is 21.8 Å². The first kappa shape index (κ1) is 75.9. The van der Waals surface area contributed by atoms with Crippen LogP contribution in [0.3, 0.4) is 0 Å². The molecule has 10 amide bonds. The lowest BCUT2D eigenvalue weighted by Crippen LogP contribution is -2.63. The molecule has 542 valence electrons. The lowest BCUT2D eigenvalue weighted by Gasteiger charge is -2.37. The monoisotopic (exact) mass is 1440 g/mol. The van der Waals surface area contributed by atoms with Crippen molar-refractivity contribution in [3.63, 3.8) is 0 Å². The van der Waals surface area contributed by atoms with Gasteiger partial charge < -0.3 is 84.1 Å². The van der Waals surface area contributed by atoms with E-state index in [1.165, 1.54) is 115 Å². The van der Waals surface area contributed by atoms with Gasteiger partial charge in [-0.25, -0.2) is 13.8 Å². The summed E-state index contributed by atoms with van der Waals surface area (Å²) in [7, 11) is 0. The molecule has 1 saturated heterocycles. The number of aromatic nitrogens is 4. The number of phenols is 1. The van der Waals surface area contributed by atoms with E-state index in [9.17, 15) is 52.6 Å². The molecule has 1 fully saturated rings. The highest BCUT2D eigenvalue weighted by molar-refractivity contribution is 7.98. The summed E-state index contributed by atoms with van der Waals surface area (Å²) in [6, 6.07) is 8.27. The number of benzene rings is 4. The van der Waals surface area contributed by atoms with Crippen LogP contribution in [0.5, 0.6) is 5.75 Å². The Morgan fingerprint density at radius 2 is 1.24 bits per heavy atom. The highest BCUT2D eigenvalue weighted by Gasteiger charge is 2.49. The fourth-order valence-corrected chi connectivity index (χ4v) is 14.3. The fraction of sp³-hybridized carbons (Fsp3) is 0.400. The van der Waals surface area contributed by atoms with Crippen molar-refractivity contribution in [1.82, 2.24) is 67.4 Å². The van der Waals surface area contributed by atoms with E-state index in [0.29, 0.717) is 70.6 Å². The summed E-state index contributed by atoms with van der Waals surface area (Å²) in [6.07, 6.45) is 4.47.